The number of methoxy groups -OCH3 is 1. The van der Waals surface area contributed by atoms with Crippen LogP contribution < -0.4 is 0 Å². The Bertz CT molecular complexity index is 1160. The van der Waals surface area contributed by atoms with Crippen molar-refractivity contribution in [3.63, 3.8) is 0 Å². The molecule has 0 aromatic heterocycles. The normalized spacial score (nSPS) is 33.5. The monoisotopic (exact) mass is 692 g/mol. The number of aliphatic hydroxyl groups is 3. The van der Waals surface area contributed by atoms with Crippen LogP contribution in [0.4, 0.5) is 4.79 Å². The summed E-state index contributed by atoms with van der Waals surface area (Å²) in [5.74, 6) is -0.833. The van der Waals surface area contributed by atoms with E-state index in [-0.39, 0.29) is 36.9 Å². The lowest BCUT2D eigenvalue weighted by atomic mass is 9.88. The molecule has 0 bridgehead atoms. The number of nitrogens with zero attached hydrogens (tertiary/aromatic N) is 2. The Balaban J connectivity index is 1.77. The smallest absolute Gasteiger partial charge is 0.410 e. The summed E-state index contributed by atoms with van der Waals surface area (Å²) in [6.07, 6.45) is 8.99. The highest BCUT2D eigenvalue weighted by Crippen LogP contribution is 2.37. The molecule has 0 radical (unpaired) electrons. The first-order valence-electron chi connectivity index (χ1n) is 18.3. The lowest BCUT2D eigenvalue weighted by Crippen LogP contribution is -2.47. The molecule has 3 aliphatic heterocycles. The van der Waals surface area contributed by atoms with E-state index in [4.69, 9.17) is 18.9 Å². The van der Waals surface area contributed by atoms with E-state index in [1.165, 1.54) is 0 Å². The SMILES string of the molecule is CCCN1CCCN(C(=O)OC2C=CC(C)C(C(C)=CC=CC(C)(O)CC3OC3C(C)C(O)CC)OC(=O)CC(O)CCC2(C)OC)CC1. The molecule has 1 amide bonds. The highest BCUT2D eigenvalue weighted by Gasteiger charge is 2.47. The Labute approximate surface area is 294 Å². The van der Waals surface area contributed by atoms with Crippen LogP contribution in [0.15, 0.2) is 36.0 Å². The van der Waals surface area contributed by atoms with Crippen LogP contribution >= 0.6 is 0 Å². The Kier molecular flexibility index (Phi) is 15.8. The zero-order chi connectivity index (χ0) is 36.4. The average molecular weight is 693 g/mol. The molecule has 2 saturated heterocycles. The van der Waals surface area contributed by atoms with Gasteiger partial charge in [0.1, 0.15) is 11.7 Å². The maximum Gasteiger partial charge on any atom is 0.410 e. The molecule has 3 rings (SSSR count). The molecule has 3 aliphatic rings. The van der Waals surface area contributed by atoms with Gasteiger partial charge in [-0.2, -0.15) is 0 Å². The van der Waals surface area contributed by atoms with Gasteiger partial charge in [-0.25, -0.2) is 4.79 Å². The van der Waals surface area contributed by atoms with Crippen molar-refractivity contribution in [2.24, 2.45) is 11.8 Å². The zero-order valence-electron chi connectivity index (χ0n) is 31.2. The largest absolute Gasteiger partial charge is 0.457 e. The molecule has 0 saturated carbocycles. The van der Waals surface area contributed by atoms with Crippen molar-refractivity contribution in [3.8, 4) is 0 Å². The molecule has 11 nitrogen and oxygen atoms in total. The molecular formula is C38H64N2O9. The fourth-order valence-electron chi connectivity index (χ4n) is 6.89. The summed E-state index contributed by atoms with van der Waals surface area (Å²) in [5, 5.41) is 32.0. The Hall–Kier alpha value is -2.28. The minimum atomic E-state index is -1.14. The highest BCUT2D eigenvalue weighted by molar-refractivity contribution is 5.70. The standard InChI is InChI=1S/C38H64N2O9/c1-9-19-39-20-12-21-40(23-22-39)36(44)48-32-15-14-27(4)34(49-33(43)24-29(41)16-18-38(32,7)46-8)26(3)13-11-17-37(6,45)25-31-35(47-31)28(5)30(42)10-2/h11,13-15,17,27-32,34-35,41-42,45H,9-10,12,16,18-25H2,1-8H3. The molecule has 10 atom stereocenters. The summed E-state index contributed by atoms with van der Waals surface area (Å²) in [6.45, 7) is 17.4. The third-order valence-corrected chi connectivity index (χ3v) is 10.4. The lowest BCUT2D eigenvalue weighted by molar-refractivity contribution is -0.151. The molecular weight excluding hydrogens is 628 g/mol. The minimum absolute atomic E-state index is 0.00327. The number of hydrogen-bond acceptors (Lipinski definition) is 10. The molecule has 0 aromatic rings. The summed E-state index contributed by atoms with van der Waals surface area (Å²) in [6, 6.07) is 0. The highest BCUT2D eigenvalue weighted by atomic mass is 16.6. The van der Waals surface area contributed by atoms with E-state index < -0.39 is 47.7 Å². The molecule has 10 unspecified atom stereocenters. The van der Waals surface area contributed by atoms with Crippen LogP contribution in [0.25, 0.3) is 0 Å². The quantitative estimate of drug-likeness (QED) is 0.113. The van der Waals surface area contributed by atoms with E-state index in [2.05, 4.69) is 11.8 Å². The van der Waals surface area contributed by atoms with Gasteiger partial charge in [0.2, 0.25) is 0 Å². The Morgan fingerprint density at radius 2 is 1.96 bits per heavy atom. The van der Waals surface area contributed by atoms with Crippen molar-refractivity contribution in [2.45, 2.75) is 141 Å². The molecule has 2 fully saturated rings. The van der Waals surface area contributed by atoms with Crippen LogP contribution in [-0.2, 0) is 23.7 Å². The molecule has 3 heterocycles. The minimum Gasteiger partial charge on any atom is -0.457 e. The van der Waals surface area contributed by atoms with Gasteiger partial charge < -0.3 is 44.1 Å². The fourth-order valence-corrected chi connectivity index (χ4v) is 6.89. The van der Waals surface area contributed by atoms with E-state index in [0.717, 1.165) is 38.0 Å². The molecule has 0 aromatic carbocycles. The van der Waals surface area contributed by atoms with Crippen LogP contribution in [0.1, 0.15) is 93.4 Å². The van der Waals surface area contributed by atoms with Gasteiger partial charge in [0.15, 0.2) is 6.10 Å². The second-order valence-electron chi connectivity index (χ2n) is 14.9. The zero-order valence-corrected chi connectivity index (χ0v) is 31.2. The number of ether oxygens (including phenoxy) is 4. The topological polar surface area (TPSA) is 142 Å². The van der Waals surface area contributed by atoms with Gasteiger partial charge in [0.05, 0.1) is 36.4 Å². The number of allylic oxidation sites excluding steroid dienone is 2. The molecule has 280 valence electrons. The van der Waals surface area contributed by atoms with Gasteiger partial charge >= 0.3 is 12.1 Å². The van der Waals surface area contributed by atoms with E-state index in [1.54, 1.807) is 31.1 Å². The van der Waals surface area contributed by atoms with Gasteiger partial charge in [0.25, 0.3) is 0 Å². The van der Waals surface area contributed by atoms with Crippen LogP contribution in [-0.4, -0.2) is 125 Å². The van der Waals surface area contributed by atoms with Crippen molar-refractivity contribution < 1.29 is 43.9 Å². The van der Waals surface area contributed by atoms with Gasteiger partial charge in [-0.05, 0) is 77.6 Å². The molecule has 49 heavy (non-hydrogen) atoms. The first kappa shape index (κ1) is 41.1. The number of carbonyl (C=O) groups is 2. The van der Waals surface area contributed by atoms with Gasteiger partial charge in [-0.1, -0.05) is 52.0 Å². The maximum absolute atomic E-state index is 13.5. The third-order valence-electron chi connectivity index (χ3n) is 10.4. The summed E-state index contributed by atoms with van der Waals surface area (Å²) < 4.78 is 23.8. The number of hydrogen-bond donors (Lipinski definition) is 3. The van der Waals surface area contributed by atoms with Gasteiger partial charge in [-0.3, -0.25) is 4.79 Å². The second kappa shape index (κ2) is 18.8. The Morgan fingerprint density at radius 3 is 2.63 bits per heavy atom. The summed E-state index contributed by atoms with van der Waals surface area (Å²) in [5.41, 5.74) is -1.34. The van der Waals surface area contributed by atoms with E-state index in [1.807, 2.05) is 52.8 Å². The summed E-state index contributed by atoms with van der Waals surface area (Å²) in [4.78, 5) is 30.6. The predicted octanol–water partition coefficient (Wildman–Crippen LogP) is 4.78. The average Bonchev–Trinajstić information content (AvgIpc) is 3.85. The van der Waals surface area contributed by atoms with E-state index in [9.17, 15) is 24.9 Å². The first-order valence-corrected chi connectivity index (χ1v) is 18.3. The van der Waals surface area contributed by atoms with Crippen LogP contribution in [0, 0.1) is 11.8 Å². The summed E-state index contributed by atoms with van der Waals surface area (Å²) >= 11 is 0. The van der Waals surface area contributed by atoms with Crippen LogP contribution in [0.3, 0.4) is 0 Å². The molecule has 11 heteroatoms. The molecule has 0 aliphatic carbocycles. The van der Waals surface area contributed by atoms with Crippen molar-refractivity contribution in [1.82, 2.24) is 9.80 Å². The van der Waals surface area contributed by atoms with Crippen molar-refractivity contribution in [1.29, 1.82) is 0 Å². The number of aliphatic hydroxyl groups excluding tert-OH is 2. The first-order chi connectivity index (χ1) is 23.1. The predicted molar refractivity (Wildman–Crippen MR) is 189 cm³/mol. The number of cyclic esters (lactones) is 1. The molecule has 0 spiro atoms. The molecule has 3 N–H and O–H groups in total. The van der Waals surface area contributed by atoms with Gasteiger partial charge in [0, 0.05) is 45.0 Å². The fraction of sp³-hybridized carbons (Fsp3) is 0.789. The third kappa shape index (κ3) is 12.5. The summed E-state index contributed by atoms with van der Waals surface area (Å²) in [7, 11) is 1.57. The lowest BCUT2D eigenvalue weighted by Gasteiger charge is -2.36. The number of epoxide rings is 1. The van der Waals surface area contributed by atoms with Crippen molar-refractivity contribution in [3.05, 3.63) is 36.0 Å². The van der Waals surface area contributed by atoms with E-state index in [0.29, 0.717) is 32.4 Å². The Morgan fingerprint density at radius 1 is 1.22 bits per heavy atom. The number of rotatable bonds is 12. The van der Waals surface area contributed by atoms with Crippen molar-refractivity contribution in [2.75, 3.05) is 39.8 Å². The van der Waals surface area contributed by atoms with Gasteiger partial charge in [-0.15, -0.1) is 0 Å². The number of amides is 1. The second-order valence-corrected chi connectivity index (χ2v) is 14.9. The number of carbonyl (C=O) groups excluding carboxylic acids is 2. The van der Waals surface area contributed by atoms with Crippen LogP contribution in [0.2, 0.25) is 0 Å². The van der Waals surface area contributed by atoms with E-state index >= 15 is 0 Å². The van der Waals surface area contributed by atoms with Crippen LogP contribution in [0.5, 0.6) is 0 Å². The maximum atomic E-state index is 13.5. The number of esters is 1. The van der Waals surface area contributed by atoms with Crippen molar-refractivity contribution >= 4 is 12.1 Å².